The zero-order valence-corrected chi connectivity index (χ0v) is 11.6. The van der Waals surface area contributed by atoms with Crippen molar-refractivity contribution in [3.63, 3.8) is 0 Å². The van der Waals surface area contributed by atoms with Crippen molar-refractivity contribution in [3.8, 4) is 0 Å². The van der Waals surface area contributed by atoms with Gasteiger partial charge in [0.2, 0.25) is 0 Å². The zero-order chi connectivity index (χ0) is 11.3. The molecule has 0 bridgehead atoms. The third-order valence-corrected chi connectivity index (χ3v) is 4.49. The van der Waals surface area contributed by atoms with Crippen molar-refractivity contribution < 1.29 is 0 Å². The average molecular weight is 216 g/mol. The SMILES string of the molecule is CCC(C)C(C)C(C(C)C)C(S)CC. The third kappa shape index (κ3) is 3.84. The van der Waals surface area contributed by atoms with Gasteiger partial charge >= 0.3 is 0 Å². The van der Waals surface area contributed by atoms with Crippen LogP contribution in [0.15, 0.2) is 0 Å². The van der Waals surface area contributed by atoms with Crippen LogP contribution in [0.5, 0.6) is 0 Å². The maximum Gasteiger partial charge on any atom is 0.00475 e. The summed E-state index contributed by atoms with van der Waals surface area (Å²) >= 11 is 4.74. The van der Waals surface area contributed by atoms with E-state index in [2.05, 4.69) is 41.5 Å². The molecule has 0 spiro atoms. The molecule has 4 atom stereocenters. The third-order valence-electron chi connectivity index (χ3n) is 3.78. The molecule has 0 aromatic heterocycles. The summed E-state index contributed by atoms with van der Waals surface area (Å²) in [4.78, 5) is 0. The summed E-state index contributed by atoms with van der Waals surface area (Å²) in [6.45, 7) is 14.0. The van der Waals surface area contributed by atoms with Gasteiger partial charge in [-0.05, 0) is 30.1 Å². The van der Waals surface area contributed by atoms with Crippen molar-refractivity contribution in [2.75, 3.05) is 0 Å². The molecule has 0 aliphatic carbocycles. The van der Waals surface area contributed by atoms with Gasteiger partial charge in [0, 0.05) is 5.25 Å². The molecule has 0 saturated heterocycles. The Balaban J connectivity index is 4.48. The molecular formula is C13H28S. The lowest BCUT2D eigenvalue weighted by molar-refractivity contribution is 0.194. The molecule has 1 heteroatoms. The van der Waals surface area contributed by atoms with Gasteiger partial charge < -0.3 is 0 Å². The summed E-state index contributed by atoms with van der Waals surface area (Å²) in [6, 6.07) is 0. The largest absolute Gasteiger partial charge is 0.176 e. The highest BCUT2D eigenvalue weighted by atomic mass is 32.1. The van der Waals surface area contributed by atoms with Crippen molar-refractivity contribution in [3.05, 3.63) is 0 Å². The Labute approximate surface area is 96.3 Å². The van der Waals surface area contributed by atoms with Crippen LogP contribution in [-0.4, -0.2) is 5.25 Å². The Kier molecular flexibility index (Phi) is 6.93. The monoisotopic (exact) mass is 216 g/mol. The lowest BCUT2D eigenvalue weighted by Crippen LogP contribution is -2.30. The predicted molar refractivity (Wildman–Crippen MR) is 70.0 cm³/mol. The molecule has 0 nitrogen and oxygen atoms in total. The number of thiol groups is 1. The molecular weight excluding hydrogens is 188 g/mol. The first-order chi connectivity index (χ1) is 6.45. The minimum absolute atomic E-state index is 0.569. The number of hydrogen-bond donors (Lipinski definition) is 1. The fourth-order valence-electron chi connectivity index (χ4n) is 2.43. The summed E-state index contributed by atoms with van der Waals surface area (Å²) in [5, 5.41) is 0.569. The van der Waals surface area contributed by atoms with E-state index in [1.807, 2.05) is 0 Å². The van der Waals surface area contributed by atoms with Gasteiger partial charge in [-0.2, -0.15) is 12.6 Å². The maximum atomic E-state index is 4.74. The van der Waals surface area contributed by atoms with E-state index in [0.29, 0.717) is 5.25 Å². The Morgan fingerprint density at radius 3 is 1.71 bits per heavy atom. The molecule has 0 radical (unpaired) electrons. The Morgan fingerprint density at radius 2 is 1.43 bits per heavy atom. The van der Waals surface area contributed by atoms with Gasteiger partial charge in [-0.15, -0.1) is 0 Å². The molecule has 0 heterocycles. The summed E-state index contributed by atoms with van der Waals surface area (Å²) in [6.07, 6.45) is 2.47. The minimum atomic E-state index is 0.569. The van der Waals surface area contributed by atoms with Crippen LogP contribution in [0, 0.1) is 23.7 Å². The van der Waals surface area contributed by atoms with E-state index in [4.69, 9.17) is 12.6 Å². The first kappa shape index (κ1) is 14.3. The molecule has 0 aromatic rings. The normalized spacial score (nSPS) is 20.6. The summed E-state index contributed by atoms with van der Waals surface area (Å²) in [5.74, 6) is 3.13. The molecule has 14 heavy (non-hydrogen) atoms. The van der Waals surface area contributed by atoms with E-state index in [1.165, 1.54) is 12.8 Å². The maximum absolute atomic E-state index is 4.74. The Hall–Kier alpha value is 0.350. The lowest BCUT2D eigenvalue weighted by Gasteiger charge is -2.35. The molecule has 4 unspecified atom stereocenters. The highest BCUT2D eigenvalue weighted by molar-refractivity contribution is 7.81. The van der Waals surface area contributed by atoms with Crippen molar-refractivity contribution in [1.82, 2.24) is 0 Å². The standard InChI is InChI=1S/C13H28S/c1-7-10(5)11(6)13(9(3)4)12(14)8-2/h9-14H,7-8H2,1-6H3. The minimum Gasteiger partial charge on any atom is -0.176 e. The first-order valence-corrected chi connectivity index (χ1v) is 6.65. The van der Waals surface area contributed by atoms with Crippen LogP contribution < -0.4 is 0 Å². The quantitative estimate of drug-likeness (QED) is 0.614. The van der Waals surface area contributed by atoms with Crippen LogP contribution in [-0.2, 0) is 0 Å². The summed E-state index contributed by atoms with van der Waals surface area (Å²) < 4.78 is 0. The van der Waals surface area contributed by atoms with E-state index in [-0.39, 0.29) is 0 Å². The molecule has 0 aliphatic rings. The van der Waals surface area contributed by atoms with Gasteiger partial charge in [0.1, 0.15) is 0 Å². The van der Waals surface area contributed by atoms with Crippen LogP contribution in [0.25, 0.3) is 0 Å². The average Bonchev–Trinajstić information content (AvgIpc) is 2.15. The van der Waals surface area contributed by atoms with Gasteiger partial charge in [0.15, 0.2) is 0 Å². The molecule has 0 amide bonds. The van der Waals surface area contributed by atoms with Crippen LogP contribution in [0.1, 0.15) is 54.4 Å². The Morgan fingerprint density at radius 1 is 0.929 bits per heavy atom. The van der Waals surface area contributed by atoms with Crippen LogP contribution >= 0.6 is 12.6 Å². The van der Waals surface area contributed by atoms with E-state index in [0.717, 1.165) is 23.7 Å². The van der Waals surface area contributed by atoms with Crippen LogP contribution in [0.2, 0.25) is 0 Å². The topological polar surface area (TPSA) is 0 Å². The highest BCUT2D eigenvalue weighted by Crippen LogP contribution is 2.34. The van der Waals surface area contributed by atoms with Gasteiger partial charge in [-0.1, -0.05) is 48.0 Å². The van der Waals surface area contributed by atoms with Gasteiger partial charge in [-0.25, -0.2) is 0 Å². The van der Waals surface area contributed by atoms with E-state index in [1.54, 1.807) is 0 Å². The molecule has 0 aromatic carbocycles. The van der Waals surface area contributed by atoms with Gasteiger partial charge in [-0.3, -0.25) is 0 Å². The molecule has 86 valence electrons. The summed E-state index contributed by atoms with van der Waals surface area (Å²) in [7, 11) is 0. The molecule has 0 fully saturated rings. The molecule has 0 aliphatic heterocycles. The number of hydrogen-bond acceptors (Lipinski definition) is 1. The van der Waals surface area contributed by atoms with Crippen LogP contribution in [0.4, 0.5) is 0 Å². The predicted octanol–water partition coefficient (Wildman–Crippen LogP) is 4.65. The zero-order valence-electron chi connectivity index (χ0n) is 10.7. The smallest absolute Gasteiger partial charge is 0.00475 e. The van der Waals surface area contributed by atoms with E-state index >= 15 is 0 Å². The van der Waals surface area contributed by atoms with E-state index < -0.39 is 0 Å². The van der Waals surface area contributed by atoms with Gasteiger partial charge in [0.05, 0.1) is 0 Å². The fourth-order valence-corrected chi connectivity index (χ4v) is 3.04. The van der Waals surface area contributed by atoms with Crippen LogP contribution in [0.3, 0.4) is 0 Å². The second kappa shape index (κ2) is 6.76. The molecule has 0 rings (SSSR count). The lowest BCUT2D eigenvalue weighted by atomic mass is 9.74. The molecule has 0 N–H and O–H groups in total. The fraction of sp³-hybridized carbons (Fsp3) is 1.00. The molecule has 0 saturated carbocycles. The number of rotatable bonds is 6. The second-order valence-electron chi connectivity index (χ2n) is 5.04. The van der Waals surface area contributed by atoms with E-state index in [9.17, 15) is 0 Å². The van der Waals surface area contributed by atoms with Crippen molar-refractivity contribution in [2.24, 2.45) is 23.7 Å². The first-order valence-electron chi connectivity index (χ1n) is 6.13. The second-order valence-corrected chi connectivity index (χ2v) is 5.70. The Bertz CT molecular complexity index is 142. The van der Waals surface area contributed by atoms with Crippen molar-refractivity contribution >= 4 is 12.6 Å². The summed E-state index contributed by atoms with van der Waals surface area (Å²) in [5.41, 5.74) is 0. The van der Waals surface area contributed by atoms with Crippen molar-refractivity contribution in [2.45, 2.75) is 59.6 Å². The van der Waals surface area contributed by atoms with Crippen molar-refractivity contribution in [1.29, 1.82) is 0 Å². The highest BCUT2D eigenvalue weighted by Gasteiger charge is 2.28. The van der Waals surface area contributed by atoms with Gasteiger partial charge in [0.25, 0.3) is 0 Å².